The van der Waals surface area contributed by atoms with Gasteiger partial charge in [0.25, 0.3) is 0 Å². The van der Waals surface area contributed by atoms with Crippen molar-refractivity contribution in [2.24, 2.45) is 0 Å². The van der Waals surface area contributed by atoms with Crippen LogP contribution in [0.5, 0.6) is 0 Å². The highest BCUT2D eigenvalue weighted by Crippen LogP contribution is 2.43. The summed E-state index contributed by atoms with van der Waals surface area (Å²) in [7, 11) is 0. The molecule has 48 heavy (non-hydrogen) atoms. The number of allylic oxidation sites excluding steroid dienone is 6. The van der Waals surface area contributed by atoms with Gasteiger partial charge in [0.2, 0.25) is 0 Å². The molecule has 0 radical (unpaired) electrons. The van der Waals surface area contributed by atoms with Crippen LogP contribution >= 0.6 is 0 Å². The molecule has 0 bridgehead atoms. The lowest BCUT2D eigenvalue weighted by molar-refractivity contribution is 1.18. The molecular formula is C46H32N2. The minimum atomic E-state index is 1.02. The Morgan fingerprint density at radius 2 is 1.12 bits per heavy atom. The van der Waals surface area contributed by atoms with Crippen LogP contribution in [-0.4, -0.2) is 4.57 Å². The smallest absolute Gasteiger partial charge is 0.0547 e. The van der Waals surface area contributed by atoms with E-state index in [0.717, 1.165) is 29.9 Å². The average molecular weight is 613 g/mol. The number of hydrogen-bond donors (Lipinski definition) is 0. The molecule has 0 N–H and O–H groups in total. The zero-order valence-electron chi connectivity index (χ0n) is 26.5. The van der Waals surface area contributed by atoms with Crippen molar-refractivity contribution < 1.29 is 0 Å². The summed E-state index contributed by atoms with van der Waals surface area (Å²) in [5, 5.41) is 7.47. The van der Waals surface area contributed by atoms with E-state index < -0.39 is 0 Å². The van der Waals surface area contributed by atoms with Crippen molar-refractivity contribution in [1.82, 2.24) is 4.57 Å². The van der Waals surface area contributed by atoms with E-state index in [4.69, 9.17) is 0 Å². The molecule has 10 rings (SSSR count). The predicted molar refractivity (Wildman–Crippen MR) is 204 cm³/mol. The molecule has 0 unspecified atom stereocenters. The molecule has 0 fully saturated rings. The van der Waals surface area contributed by atoms with E-state index in [1.165, 1.54) is 71.3 Å². The highest BCUT2D eigenvalue weighted by Gasteiger charge is 2.20. The zero-order chi connectivity index (χ0) is 31.6. The summed E-state index contributed by atoms with van der Waals surface area (Å²) in [5.41, 5.74) is 12.7. The summed E-state index contributed by atoms with van der Waals surface area (Å²) < 4.78 is 2.41. The molecule has 0 aliphatic heterocycles. The Morgan fingerprint density at radius 3 is 1.92 bits per heavy atom. The van der Waals surface area contributed by atoms with Crippen LogP contribution in [-0.2, 0) is 0 Å². The minimum Gasteiger partial charge on any atom is -0.310 e. The lowest BCUT2D eigenvalue weighted by atomic mass is 10.0. The van der Waals surface area contributed by atoms with E-state index in [0.29, 0.717) is 0 Å². The molecule has 0 amide bonds. The van der Waals surface area contributed by atoms with Gasteiger partial charge < -0.3 is 9.47 Å². The topological polar surface area (TPSA) is 8.17 Å². The van der Waals surface area contributed by atoms with Gasteiger partial charge >= 0.3 is 0 Å². The Balaban J connectivity index is 1.17. The van der Waals surface area contributed by atoms with Gasteiger partial charge in [0, 0.05) is 33.5 Å². The van der Waals surface area contributed by atoms with Crippen molar-refractivity contribution in [3.63, 3.8) is 0 Å². The van der Waals surface area contributed by atoms with Crippen LogP contribution in [0.15, 0.2) is 181 Å². The first-order chi connectivity index (χ1) is 23.8. The minimum absolute atomic E-state index is 1.02. The number of fused-ring (bicyclic) bond motifs is 5. The van der Waals surface area contributed by atoms with E-state index >= 15 is 0 Å². The summed E-state index contributed by atoms with van der Waals surface area (Å²) in [6.45, 7) is 0. The molecule has 226 valence electrons. The molecule has 2 nitrogen and oxygen atoms in total. The van der Waals surface area contributed by atoms with Crippen molar-refractivity contribution >= 4 is 66.0 Å². The molecule has 8 aromatic rings. The quantitative estimate of drug-likeness (QED) is 0.188. The van der Waals surface area contributed by atoms with Crippen molar-refractivity contribution in [3.8, 4) is 5.69 Å². The second kappa shape index (κ2) is 10.7. The highest BCUT2D eigenvalue weighted by molar-refractivity contribution is 6.14. The molecule has 1 heterocycles. The van der Waals surface area contributed by atoms with Crippen LogP contribution in [0.4, 0.5) is 17.1 Å². The Morgan fingerprint density at radius 1 is 0.479 bits per heavy atom. The summed E-state index contributed by atoms with van der Waals surface area (Å²) in [5.74, 6) is 0. The maximum atomic E-state index is 2.41. The lowest BCUT2D eigenvalue weighted by Crippen LogP contribution is -2.10. The van der Waals surface area contributed by atoms with E-state index in [2.05, 4.69) is 179 Å². The predicted octanol–water partition coefficient (Wildman–Crippen LogP) is 12.6. The fourth-order valence-electron chi connectivity index (χ4n) is 7.82. The zero-order valence-corrected chi connectivity index (χ0v) is 26.5. The van der Waals surface area contributed by atoms with Gasteiger partial charge in [-0.3, -0.25) is 0 Å². The van der Waals surface area contributed by atoms with Gasteiger partial charge in [0.05, 0.1) is 11.0 Å². The molecule has 2 heteroatoms. The van der Waals surface area contributed by atoms with Gasteiger partial charge in [-0.05, 0) is 123 Å². The lowest BCUT2D eigenvalue weighted by Gasteiger charge is -2.26. The summed E-state index contributed by atoms with van der Waals surface area (Å²) in [4.78, 5) is 2.41. The summed E-state index contributed by atoms with van der Waals surface area (Å²) in [6.07, 6.45) is 9.05. The third kappa shape index (κ3) is 4.34. The summed E-state index contributed by atoms with van der Waals surface area (Å²) in [6, 6.07) is 55.7. The number of benzene rings is 7. The van der Waals surface area contributed by atoms with Crippen LogP contribution in [0.1, 0.15) is 18.4 Å². The first kappa shape index (κ1) is 27.0. The van der Waals surface area contributed by atoms with Crippen molar-refractivity contribution in [2.75, 3.05) is 4.90 Å². The summed E-state index contributed by atoms with van der Waals surface area (Å²) >= 11 is 0. The molecule has 0 saturated carbocycles. The molecule has 2 aliphatic rings. The molecule has 0 saturated heterocycles. The van der Waals surface area contributed by atoms with Crippen molar-refractivity contribution in [1.29, 1.82) is 0 Å². The molecule has 2 aliphatic carbocycles. The van der Waals surface area contributed by atoms with E-state index in [1.807, 2.05) is 0 Å². The van der Waals surface area contributed by atoms with E-state index in [9.17, 15) is 0 Å². The van der Waals surface area contributed by atoms with Gasteiger partial charge in [0.15, 0.2) is 0 Å². The molecule has 1 aromatic heterocycles. The number of hydrogen-bond acceptors (Lipinski definition) is 1. The Labute approximate surface area is 279 Å². The largest absolute Gasteiger partial charge is 0.310 e. The van der Waals surface area contributed by atoms with E-state index in [-0.39, 0.29) is 0 Å². The standard InChI is InChI=1S/C46H32N2/c1-2-15-39(16-3-1)48-45-24-23-42(30-44(45)43-28-36-11-6-7-12-37(36)29-46(43)48)47(41-22-19-31-9-4-5-10-35(31)27-41)40-20-17-32(18-21-40)38-25-33-13-8-14-34(33)26-38/h1-13,15-24,26-30H,14,25H2. The Hall–Kier alpha value is -6.12. The third-order valence-corrected chi connectivity index (χ3v) is 10.2. The molecule has 7 aromatic carbocycles. The monoisotopic (exact) mass is 612 g/mol. The van der Waals surface area contributed by atoms with Crippen LogP contribution in [0.2, 0.25) is 0 Å². The number of rotatable bonds is 5. The van der Waals surface area contributed by atoms with Gasteiger partial charge in [-0.15, -0.1) is 0 Å². The van der Waals surface area contributed by atoms with Crippen LogP contribution in [0.3, 0.4) is 0 Å². The second-order valence-corrected chi connectivity index (χ2v) is 13.0. The fourth-order valence-corrected chi connectivity index (χ4v) is 7.82. The van der Waals surface area contributed by atoms with Gasteiger partial charge in [-0.2, -0.15) is 0 Å². The number of anilines is 3. The maximum absolute atomic E-state index is 2.41. The number of nitrogens with zero attached hydrogens (tertiary/aromatic N) is 2. The van der Waals surface area contributed by atoms with Crippen LogP contribution in [0.25, 0.3) is 54.6 Å². The Kier molecular flexibility index (Phi) is 6.04. The van der Waals surface area contributed by atoms with Gasteiger partial charge in [0.1, 0.15) is 0 Å². The number of para-hydroxylation sites is 1. The number of aromatic nitrogens is 1. The second-order valence-electron chi connectivity index (χ2n) is 13.0. The van der Waals surface area contributed by atoms with Gasteiger partial charge in [-0.25, -0.2) is 0 Å². The maximum Gasteiger partial charge on any atom is 0.0547 e. The third-order valence-electron chi connectivity index (χ3n) is 10.2. The molecular weight excluding hydrogens is 581 g/mol. The van der Waals surface area contributed by atoms with Crippen molar-refractivity contribution in [3.05, 3.63) is 187 Å². The van der Waals surface area contributed by atoms with E-state index in [1.54, 1.807) is 0 Å². The van der Waals surface area contributed by atoms with Gasteiger partial charge in [-0.1, -0.05) is 103 Å². The molecule has 0 spiro atoms. The molecule has 0 atom stereocenters. The fraction of sp³-hybridized carbons (Fsp3) is 0.0435. The SMILES string of the molecule is C1=CC2=C(C=C(c3ccc(N(c4ccc5ccccc5c4)c4ccc5c(c4)c4cc6ccccc6cc4n5-c4ccccc4)cc3)C2)C1. The average Bonchev–Trinajstić information content (AvgIpc) is 3.84. The van der Waals surface area contributed by atoms with Crippen LogP contribution in [0, 0.1) is 0 Å². The Bertz CT molecular complexity index is 2650. The van der Waals surface area contributed by atoms with Crippen LogP contribution < -0.4 is 4.90 Å². The van der Waals surface area contributed by atoms with Crippen molar-refractivity contribution in [2.45, 2.75) is 12.8 Å². The normalized spacial score (nSPS) is 14.0. The first-order valence-electron chi connectivity index (χ1n) is 16.8. The highest BCUT2D eigenvalue weighted by atomic mass is 15.1. The first-order valence-corrected chi connectivity index (χ1v) is 16.8.